The highest BCUT2D eigenvalue weighted by Gasteiger charge is 2.55. The SMILES string of the molecule is Cc1cc2c(cc1C)[n+](CC(=O)c1ccccc1)cn2CC(=O)N1CCC2(C)c3ccccc3N(Cc3ccccc3)C12. The number of benzene rings is 4. The van der Waals surface area contributed by atoms with E-state index in [1.54, 1.807) is 0 Å². The van der Waals surface area contributed by atoms with Gasteiger partial charge in [0, 0.05) is 29.8 Å². The number of nitrogens with zero attached hydrogens (tertiary/aromatic N) is 4. The fourth-order valence-corrected chi connectivity index (χ4v) is 7.18. The van der Waals surface area contributed by atoms with E-state index in [1.165, 1.54) is 16.8 Å². The van der Waals surface area contributed by atoms with Crippen LogP contribution in [0.25, 0.3) is 11.0 Å². The predicted molar refractivity (Wildman–Crippen MR) is 169 cm³/mol. The number of imidazole rings is 1. The van der Waals surface area contributed by atoms with Crippen molar-refractivity contribution in [1.82, 2.24) is 9.47 Å². The van der Waals surface area contributed by atoms with Crippen LogP contribution >= 0.6 is 0 Å². The molecular formula is C37H37N4O2+. The molecule has 216 valence electrons. The van der Waals surface area contributed by atoms with Gasteiger partial charge < -0.3 is 9.80 Å². The summed E-state index contributed by atoms with van der Waals surface area (Å²) < 4.78 is 4.02. The number of carbonyl (C=O) groups excluding carboxylic acids is 2. The van der Waals surface area contributed by atoms with E-state index in [1.807, 2.05) is 51.9 Å². The Morgan fingerprint density at radius 1 is 0.884 bits per heavy atom. The summed E-state index contributed by atoms with van der Waals surface area (Å²) in [5, 5.41) is 0. The Labute approximate surface area is 252 Å². The van der Waals surface area contributed by atoms with Crippen LogP contribution in [0.1, 0.15) is 46.0 Å². The summed E-state index contributed by atoms with van der Waals surface area (Å²) in [4.78, 5) is 32.0. The van der Waals surface area contributed by atoms with Gasteiger partial charge >= 0.3 is 0 Å². The predicted octanol–water partition coefficient (Wildman–Crippen LogP) is 5.97. The minimum Gasteiger partial charge on any atom is -0.346 e. The average Bonchev–Trinajstić information content (AvgIpc) is 3.61. The summed E-state index contributed by atoms with van der Waals surface area (Å²) in [7, 11) is 0. The second kappa shape index (κ2) is 10.5. The fraction of sp³-hybridized carbons (Fsp3) is 0.270. The van der Waals surface area contributed by atoms with Crippen LogP contribution in [0.15, 0.2) is 103 Å². The fourth-order valence-electron chi connectivity index (χ4n) is 7.18. The maximum atomic E-state index is 14.3. The summed E-state index contributed by atoms with van der Waals surface area (Å²) in [6.07, 6.45) is 2.81. The molecule has 1 fully saturated rings. The number of amides is 1. The number of rotatable bonds is 7. The molecule has 4 aromatic carbocycles. The van der Waals surface area contributed by atoms with Crippen molar-refractivity contribution in [2.45, 2.75) is 58.4 Å². The van der Waals surface area contributed by atoms with Crippen LogP contribution in [0.4, 0.5) is 5.69 Å². The van der Waals surface area contributed by atoms with Gasteiger partial charge in [0.25, 0.3) is 5.91 Å². The summed E-state index contributed by atoms with van der Waals surface area (Å²) in [6, 6.07) is 32.8. The van der Waals surface area contributed by atoms with Gasteiger partial charge in [-0.15, -0.1) is 0 Å². The lowest BCUT2D eigenvalue weighted by molar-refractivity contribution is -0.657. The molecule has 6 heteroatoms. The molecule has 7 rings (SSSR count). The lowest BCUT2D eigenvalue weighted by atomic mass is 9.81. The third-order valence-electron chi connectivity index (χ3n) is 9.58. The Hall–Kier alpha value is -4.71. The zero-order chi connectivity index (χ0) is 29.7. The first-order valence-corrected chi connectivity index (χ1v) is 15.1. The molecule has 1 aromatic heterocycles. The third kappa shape index (κ3) is 4.62. The van der Waals surface area contributed by atoms with Crippen LogP contribution in [-0.4, -0.2) is 33.9 Å². The highest BCUT2D eigenvalue weighted by Crippen LogP contribution is 2.52. The second-order valence-corrected chi connectivity index (χ2v) is 12.3. The third-order valence-corrected chi connectivity index (χ3v) is 9.58. The number of likely N-dealkylation sites (tertiary alicyclic amines) is 1. The van der Waals surface area contributed by atoms with E-state index in [-0.39, 0.29) is 36.4 Å². The minimum atomic E-state index is -0.143. The van der Waals surface area contributed by atoms with Crippen LogP contribution < -0.4 is 9.47 Å². The number of aromatic nitrogens is 2. The number of anilines is 1. The Bertz CT molecular complexity index is 1850. The average molecular weight is 570 g/mol. The number of hydrogen-bond donors (Lipinski definition) is 0. The molecule has 43 heavy (non-hydrogen) atoms. The number of para-hydroxylation sites is 1. The number of hydrogen-bond acceptors (Lipinski definition) is 3. The van der Waals surface area contributed by atoms with Crippen molar-refractivity contribution < 1.29 is 14.2 Å². The zero-order valence-electron chi connectivity index (χ0n) is 25.0. The number of carbonyl (C=O) groups is 2. The normalized spacial score (nSPS) is 19.1. The molecule has 2 aliphatic rings. The highest BCUT2D eigenvalue weighted by molar-refractivity contribution is 5.95. The van der Waals surface area contributed by atoms with Gasteiger partial charge in [0.15, 0.2) is 24.1 Å². The van der Waals surface area contributed by atoms with Crippen molar-refractivity contribution in [3.8, 4) is 0 Å². The van der Waals surface area contributed by atoms with E-state index in [0.717, 1.165) is 35.1 Å². The number of aryl methyl sites for hydroxylation is 2. The first-order valence-electron chi connectivity index (χ1n) is 15.1. The van der Waals surface area contributed by atoms with E-state index < -0.39 is 0 Å². The molecule has 0 saturated carbocycles. The Balaban J connectivity index is 1.22. The van der Waals surface area contributed by atoms with Gasteiger partial charge in [-0.05, 0) is 60.7 Å². The molecular weight excluding hydrogens is 532 g/mol. The van der Waals surface area contributed by atoms with Crippen LogP contribution in [0.5, 0.6) is 0 Å². The van der Waals surface area contributed by atoms with E-state index in [4.69, 9.17) is 0 Å². The maximum Gasteiger partial charge on any atom is 0.266 e. The maximum absolute atomic E-state index is 14.3. The van der Waals surface area contributed by atoms with Crippen molar-refractivity contribution in [2.75, 3.05) is 11.4 Å². The molecule has 0 aliphatic carbocycles. The lowest BCUT2D eigenvalue weighted by Crippen LogP contribution is -2.51. The molecule has 0 spiro atoms. The van der Waals surface area contributed by atoms with E-state index in [2.05, 4.69) is 91.2 Å². The van der Waals surface area contributed by atoms with Crippen molar-refractivity contribution in [3.63, 3.8) is 0 Å². The van der Waals surface area contributed by atoms with Gasteiger partial charge in [-0.25, -0.2) is 9.13 Å². The van der Waals surface area contributed by atoms with Gasteiger partial charge in [0.05, 0.1) is 0 Å². The molecule has 1 saturated heterocycles. The van der Waals surface area contributed by atoms with E-state index in [9.17, 15) is 9.59 Å². The first kappa shape index (κ1) is 27.1. The van der Waals surface area contributed by atoms with Crippen LogP contribution in [0.3, 0.4) is 0 Å². The molecule has 0 bridgehead atoms. The number of fused-ring (bicyclic) bond motifs is 4. The van der Waals surface area contributed by atoms with Gasteiger partial charge in [0.2, 0.25) is 12.1 Å². The summed E-state index contributed by atoms with van der Waals surface area (Å²) in [5.74, 6) is 0.140. The topological polar surface area (TPSA) is 49.4 Å². The Morgan fingerprint density at radius 2 is 1.56 bits per heavy atom. The monoisotopic (exact) mass is 569 g/mol. The van der Waals surface area contributed by atoms with Gasteiger partial charge in [-0.1, -0.05) is 85.8 Å². The standard InChI is InChI=1S/C37H37N4O2/c1-26-20-32-33(21-27(26)2)39(25-38(32)23-34(42)29-14-8-5-9-15-29)24-35(43)40-19-18-37(3)30-16-10-11-17-31(30)41(36(37)40)22-28-12-6-4-7-13-28/h4-17,20-21,25,36H,18-19,22-24H2,1-3H3/q+1. The molecule has 3 heterocycles. The van der Waals surface area contributed by atoms with E-state index in [0.29, 0.717) is 12.1 Å². The minimum absolute atomic E-state index is 0.0461. The van der Waals surface area contributed by atoms with Gasteiger partial charge in [0.1, 0.15) is 6.17 Å². The van der Waals surface area contributed by atoms with Crippen molar-refractivity contribution in [1.29, 1.82) is 0 Å². The van der Waals surface area contributed by atoms with Crippen LogP contribution in [-0.2, 0) is 29.8 Å². The first-order chi connectivity index (χ1) is 20.8. The zero-order valence-corrected chi connectivity index (χ0v) is 25.0. The second-order valence-electron chi connectivity index (χ2n) is 12.3. The Kier molecular flexibility index (Phi) is 6.65. The van der Waals surface area contributed by atoms with Crippen LogP contribution in [0.2, 0.25) is 0 Å². The summed E-state index contributed by atoms with van der Waals surface area (Å²) in [5.41, 5.74) is 8.56. The molecule has 5 aromatic rings. The smallest absolute Gasteiger partial charge is 0.266 e. The Morgan fingerprint density at radius 3 is 2.33 bits per heavy atom. The quantitative estimate of drug-likeness (QED) is 0.179. The van der Waals surface area contributed by atoms with Crippen molar-refractivity contribution in [3.05, 3.63) is 131 Å². The molecule has 2 atom stereocenters. The van der Waals surface area contributed by atoms with Crippen molar-refractivity contribution >= 4 is 28.4 Å². The highest BCUT2D eigenvalue weighted by atomic mass is 16.2. The largest absolute Gasteiger partial charge is 0.346 e. The summed E-state index contributed by atoms with van der Waals surface area (Å²) >= 11 is 0. The molecule has 0 N–H and O–H groups in total. The lowest BCUT2D eigenvalue weighted by Gasteiger charge is -2.36. The summed E-state index contributed by atoms with van der Waals surface area (Å²) in [6.45, 7) is 8.39. The number of ketones is 1. The van der Waals surface area contributed by atoms with Gasteiger partial charge in [-0.2, -0.15) is 0 Å². The molecule has 2 aliphatic heterocycles. The van der Waals surface area contributed by atoms with Crippen molar-refractivity contribution in [2.24, 2.45) is 0 Å². The molecule has 1 amide bonds. The molecule has 2 unspecified atom stereocenters. The number of Topliss-reactive ketones (excluding diaryl/α,β-unsaturated/α-hetero) is 1. The van der Waals surface area contributed by atoms with Gasteiger partial charge in [-0.3, -0.25) is 9.59 Å². The van der Waals surface area contributed by atoms with Crippen LogP contribution in [0, 0.1) is 13.8 Å². The molecule has 0 radical (unpaired) electrons. The van der Waals surface area contributed by atoms with E-state index >= 15 is 0 Å². The molecule has 6 nitrogen and oxygen atoms in total.